The number of carbonyl (C=O) groups is 1. The third-order valence-electron chi connectivity index (χ3n) is 4.74. The molecule has 25 heavy (non-hydrogen) atoms. The standard InChI is InChI=1S/C18H23N3O3S/c1-21-15(17-3-2-8-25-17)9-13(20-21)18(22)19-14-11-23-7-6-16(14)24-10-12-4-5-12/h2-3,8-9,12,14,16H,4-7,10-11H2,1H3,(H,19,22)/t14-,16+/m1/s1. The van der Waals surface area contributed by atoms with Crippen LogP contribution in [0.15, 0.2) is 23.6 Å². The van der Waals surface area contributed by atoms with Crippen LogP contribution in [0.25, 0.3) is 10.6 Å². The van der Waals surface area contributed by atoms with Crippen molar-refractivity contribution in [3.05, 3.63) is 29.3 Å². The Kier molecular flexibility index (Phi) is 4.87. The van der Waals surface area contributed by atoms with Gasteiger partial charge in [-0.2, -0.15) is 5.10 Å². The number of hydrogen-bond acceptors (Lipinski definition) is 5. The van der Waals surface area contributed by atoms with Gasteiger partial charge in [0.25, 0.3) is 5.91 Å². The Bertz CT molecular complexity index is 724. The van der Waals surface area contributed by atoms with Gasteiger partial charge in [-0.05, 0) is 42.7 Å². The zero-order chi connectivity index (χ0) is 17.2. The van der Waals surface area contributed by atoms with Crippen LogP contribution >= 0.6 is 11.3 Å². The van der Waals surface area contributed by atoms with E-state index in [1.807, 2.05) is 30.6 Å². The molecule has 134 valence electrons. The van der Waals surface area contributed by atoms with Gasteiger partial charge in [0.1, 0.15) is 0 Å². The first kappa shape index (κ1) is 16.8. The number of nitrogens with one attached hydrogen (secondary N) is 1. The largest absolute Gasteiger partial charge is 0.379 e. The molecule has 1 saturated carbocycles. The fourth-order valence-electron chi connectivity index (χ4n) is 3.07. The van der Waals surface area contributed by atoms with Crippen molar-refractivity contribution in [3.8, 4) is 10.6 Å². The predicted molar refractivity (Wildman–Crippen MR) is 95.7 cm³/mol. The summed E-state index contributed by atoms with van der Waals surface area (Å²) in [6.07, 6.45) is 3.37. The minimum Gasteiger partial charge on any atom is -0.379 e. The van der Waals surface area contributed by atoms with E-state index in [1.165, 1.54) is 12.8 Å². The predicted octanol–water partition coefficient (Wildman–Crippen LogP) is 2.46. The Morgan fingerprint density at radius 2 is 2.36 bits per heavy atom. The molecule has 1 aliphatic carbocycles. The van der Waals surface area contributed by atoms with Crippen molar-refractivity contribution in [3.63, 3.8) is 0 Å². The number of aromatic nitrogens is 2. The van der Waals surface area contributed by atoms with Crippen molar-refractivity contribution in [1.82, 2.24) is 15.1 Å². The second-order valence-corrected chi connectivity index (χ2v) is 7.72. The number of nitrogens with zero attached hydrogens (tertiary/aromatic N) is 2. The van der Waals surface area contributed by atoms with Crippen LogP contribution in [0.3, 0.4) is 0 Å². The minimum atomic E-state index is -0.172. The number of aryl methyl sites for hydroxylation is 1. The molecule has 0 aromatic carbocycles. The maximum Gasteiger partial charge on any atom is 0.272 e. The van der Waals surface area contributed by atoms with Gasteiger partial charge in [-0.1, -0.05) is 6.07 Å². The summed E-state index contributed by atoms with van der Waals surface area (Å²) in [5.41, 5.74) is 1.37. The third-order valence-corrected chi connectivity index (χ3v) is 5.63. The van der Waals surface area contributed by atoms with E-state index in [0.717, 1.165) is 23.6 Å². The van der Waals surface area contributed by atoms with E-state index in [2.05, 4.69) is 10.4 Å². The quantitative estimate of drug-likeness (QED) is 0.858. The van der Waals surface area contributed by atoms with Gasteiger partial charge in [0.15, 0.2) is 5.69 Å². The van der Waals surface area contributed by atoms with Crippen LogP contribution in [-0.4, -0.2) is 47.7 Å². The molecule has 0 unspecified atom stereocenters. The van der Waals surface area contributed by atoms with Crippen LogP contribution in [0.5, 0.6) is 0 Å². The Hall–Kier alpha value is -1.70. The average Bonchev–Trinajstić information content (AvgIpc) is 3.12. The normalized spacial score (nSPS) is 23.6. The fourth-order valence-corrected chi connectivity index (χ4v) is 3.84. The van der Waals surface area contributed by atoms with Crippen LogP contribution in [0.2, 0.25) is 0 Å². The monoisotopic (exact) mass is 361 g/mol. The zero-order valence-electron chi connectivity index (χ0n) is 14.3. The third kappa shape index (κ3) is 3.94. The molecular formula is C18H23N3O3S. The van der Waals surface area contributed by atoms with Gasteiger partial charge in [0, 0.05) is 20.3 Å². The molecule has 7 heteroatoms. The number of carbonyl (C=O) groups excluding carboxylic acids is 1. The Balaban J connectivity index is 1.42. The summed E-state index contributed by atoms with van der Waals surface area (Å²) in [5, 5.41) is 9.44. The first-order chi connectivity index (χ1) is 12.2. The lowest BCUT2D eigenvalue weighted by molar-refractivity contribution is -0.0567. The molecular weight excluding hydrogens is 338 g/mol. The zero-order valence-corrected chi connectivity index (χ0v) is 15.1. The van der Waals surface area contributed by atoms with Gasteiger partial charge in [-0.25, -0.2) is 0 Å². The molecule has 6 nitrogen and oxygen atoms in total. The van der Waals surface area contributed by atoms with Crippen molar-refractivity contribution in [2.24, 2.45) is 13.0 Å². The molecule has 1 aliphatic heterocycles. The van der Waals surface area contributed by atoms with E-state index in [0.29, 0.717) is 24.8 Å². The molecule has 2 aromatic rings. The number of rotatable bonds is 6. The molecule has 0 radical (unpaired) electrons. The molecule has 3 heterocycles. The lowest BCUT2D eigenvalue weighted by Crippen LogP contribution is -2.50. The summed E-state index contributed by atoms with van der Waals surface area (Å²) in [7, 11) is 1.86. The Morgan fingerprint density at radius 1 is 1.48 bits per heavy atom. The summed E-state index contributed by atoms with van der Waals surface area (Å²) in [6, 6.07) is 5.74. The molecule has 1 amide bonds. The van der Waals surface area contributed by atoms with Crippen molar-refractivity contribution >= 4 is 17.2 Å². The maximum absolute atomic E-state index is 12.6. The first-order valence-electron chi connectivity index (χ1n) is 8.79. The van der Waals surface area contributed by atoms with Crippen LogP contribution < -0.4 is 5.32 Å². The van der Waals surface area contributed by atoms with Crippen LogP contribution in [0.4, 0.5) is 0 Å². The number of amides is 1. The highest BCUT2D eigenvalue weighted by Crippen LogP contribution is 2.30. The Morgan fingerprint density at radius 3 is 3.12 bits per heavy atom. The number of thiophene rings is 1. The highest BCUT2D eigenvalue weighted by molar-refractivity contribution is 7.13. The smallest absolute Gasteiger partial charge is 0.272 e. The SMILES string of the molecule is Cn1nc(C(=O)N[C@@H]2COCC[C@@H]2OCC2CC2)cc1-c1cccs1. The lowest BCUT2D eigenvalue weighted by Gasteiger charge is -2.32. The fraction of sp³-hybridized carbons (Fsp3) is 0.556. The first-order valence-corrected chi connectivity index (χ1v) is 9.67. The van der Waals surface area contributed by atoms with Gasteiger partial charge in [0.2, 0.25) is 0 Å². The van der Waals surface area contributed by atoms with Gasteiger partial charge < -0.3 is 14.8 Å². The average molecular weight is 361 g/mol. The maximum atomic E-state index is 12.6. The molecule has 0 spiro atoms. The van der Waals surface area contributed by atoms with Gasteiger partial charge in [-0.15, -0.1) is 11.3 Å². The lowest BCUT2D eigenvalue weighted by atomic mass is 10.1. The molecule has 1 N–H and O–H groups in total. The second kappa shape index (κ2) is 7.27. The second-order valence-electron chi connectivity index (χ2n) is 6.77. The highest BCUT2D eigenvalue weighted by atomic mass is 32.1. The van der Waals surface area contributed by atoms with Crippen molar-refractivity contribution < 1.29 is 14.3 Å². The summed E-state index contributed by atoms with van der Waals surface area (Å²) in [4.78, 5) is 13.7. The minimum absolute atomic E-state index is 0.0266. The Labute approximate surface area is 151 Å². The van der Waals surface area contributed by atoms with Crippen LogP contribution in [0, 0.1) is 5.92 Å². The van der Waals surface area contributed by atoms with E-state index in [1.54, 1.807) is 16.0 Å². The van der Waals surface area contributed by atoms with Crippen LogP contribution in [-0.2, 0) is 16.5 Å². The molecule has 2 aliphatic rings. The summed E-state index contributed by atoms with van der Waals surface area (Å²) < 4.78 is 13.3. The van der Waals surface area contributed by atoms with Crippen molar-refractivity contribution in [1.29, 1.82) is 0 Å². The highest BCUT2D eigenvalue weighted by Gasteiger charge is 2.31. The van der Waals surface area contributed by atoms with Gasteiger partial charge in [0.05, 0.1) is 29.3 Å². The summed E-state index contributed by atoms with van der Waals surface area (Å²) in [6.45, 7) is 1.97. The molecule has 4 rings (SSSR count). The van der Waals surface area contributed by atoms with Gasteiger partial charge in [-0.3, -0.25) is 9.48 Å². The molecule has 1 saturated heterocycles. The van der Waals surface area contributed by atoms with E-state index in [-0.39, 0.29) is 18.1 Å². The molecule has 2 fully saturated rings. The number of ether oxygens (including phenoxy) is 2. The van der Waals surface area contributed by atoms with Gasteiger partial charge >= 0.3 is 0 Å². The molecule has 2 aromatic heterocycles. The van der Waals surface area contributed by atoms with E-state index in [4.69, 9.17) is 9.47 Å². The van der Waals surface area contributed by atoms with Crippen molar-refractivity contribution in [2.75, 3.05) is 19.8 Å². The topological polar surface area (TPSA) is 65.4 Å². The van der Waals surface area contributed by atoms with E-state index < -0.39 is 0 Å². The summed E-state index contributed by atoms with van der Waals surface area (Å²) >= 11 is 1.63. The molecule has 0 bridgehead atoms. The summed E-state index contributed by atoms with van der Waals surface area (Å²) in [5.74, 6) is 0.539. The van der Waals surface area contributed by atoms with Crippen LogP contribution in [0.1, 0.15) is 29.8 Å². The van der Waals surface area contributed by atoms with E-state index >= 15 is 0 Å². The van der Waals surface area contributed by atoms with Crippen molar-refractivity contribution in [2.45, 2.75) is 31.4 Å². The molecule has 2 atom stereocenters. The number of hydrogen-bond donors (Lipinski definition) is 1. The van der Waals surface area contributed by atoms with E-state index in [9.17, 15) is 4.79 Å².